The summed E-state index contributed by atoms with van der Waals surface area (Å²) in [6.07, 6.45) is 6.52. The van der Waals surface area contributed by atoms with Gasteiger partial charge in [-0.2, -0.15) is 0 Å². The predicted molar refractivity (Wildman–Crippen MR) is 99.7 cm³/mol. The molecule has 7 nitrogen and oxygen atoms in total. The Bertz CT molecular complexity index is 759. The Morgan fingerprint density at radius 2 is 1.77 bits per heavy atom. The predicted octanol–water partition coefficient (Wildman–Crippen LogP) is 3.33. The van der Waals surface area contributed by atoms with Crippen molar-refractivity contribution in [2.24, 2.45) is 23.2 Å². The number of non-ortho nitro benzene ring substituents is 1. The Labute approximate surface area is 156 Å². The molecule has 1 aromatic carbocycles. The summed E-state index contributed by atoms with van der Waals surface area (Å²) in [5.74, 6) is 1.72. The molecular formula is C18H21N3O4S. The highest BCUT2D eigenvalue weighted by atomic mass is 32.1. The fourth-order valence-electron chi connectivity index (χ4n) is 5.52. The molecule has 0 atom stereocenters. The average Bonchev–Trinajstić information content (AvgIpc) is 2.55. The number of nitrogens with one attached hydrogen (secondary N) is 2. The number of aromatic hydroxyl groups is 1. The lowest BCUT2D eigenvalue weighted by Crippen LogP contribution is -2.55. The van der Waals surface area contributed by atoms with Crippen molar-refractivity contribution in [3.05, 3.63) is 28.3 Å². The molecule has 4 bridgehead atoms. The summed E-state index contributed by atoms with van der Waals surface area (Å²) in [4.78, 5) is 23.3. The molecule has 4 aliphatic rings. The van der Waals surface area contributed by atoms with E-state index in [1.54, 1.807) is 0 Å². The van der Waals surface area contributed by atoms with E-state index in [1.807, 2.05) is 0 Å². The minimum absolute atomic E-state index is 0.0565. The van der Waals surface area contributed by atoms with E-state index in [-0.39, 0.29) is 33.6 Å². The van der Waals surface area contributed by atoms with Gasteiger partial charge in [0.1, 0.15) is 5.75 Å². The molecule has 0 saturated heterocycles. The van der Waals surface area contributed by atoms with E-state index in [0.29, 0.717) is 17.8 Å². The summed E-state index contributed by atoms with van der Waals surface area (Å²) in [5.41, 5.74) is -0.388. The van der Waals surface area contributed by atoms with Gasteiger partial charge in [-0.15, -0.1) is 0 Å². The van der Waals surface area contributed by atoms with Crippen LogP contribution in [0, 0.1) is 33.3 Å². The van der Waals surface area contributed by atoms with E-state index in [1.165, 1.54) is 37.5 Å². The minimum Gasteiger partial charge on any atom is -0.506 e. The average molecular weight is 375 g/mol. The molecule has 4 aliphatic carbocycles. The monoisotopic (exact) mass is 375 g/mol. The number of phenols is 1. The zero-order valence-electron chi connectivity index (χ0n) is 14.2. The molecule has 138 valence electrons. The Balaban J connectivity index is 1.45. The number of rotatable bonds is 3. The number of hydrogen-bond acceptors (Lipinski definition) is 5. The molecular weight excluding hydrogens is 354 g/mol. The third kappa shape index (κ3) is 3.02. The molecule has 1 amide bonds. The fourth-order valence-corrected chi connectivity index (χ4v) is 5.72. The zero-order chi connectivity index (χ0) is 18.5. The van der Waals surface area contributed by atoms with Gasteiger partial charge in [-0.1, -0.05) is 0 Å². The Kier molecular flexibility index (Phi) is 4.10. The molecule has 0 unspecified atom stereocenters. The summed E-state index contributed by atoms with van der Waals surface area (Å²) in [5, 5.41) is 26.3. The molecule has 0 aliphatic heterocycles. The first-order valence-corrected chi connectivity index (χ1v) is 9.35. The second kappa shape index (κ2) is 6.19. The maximum absolute atomic E-state index is 12.9. The smallest absolute Gasteiger partial charge is 0.271 e. The molecule has 0 radical (unpaired) electrons. The van der Waals surface area contributed by atoms with Crippen molar-refractivity contribution in [1.29, 1.82) is 0 Å². The highest BCUT2D eigenvalue weighted by Crippen LogP contribution is 2.60. The summed E-state index contributed by atoms with van der Waals surface area (Å²) >= 11 is 5.21. The van der Waals surface area contributed by atoms with E-state index in [9.17, 15) is 20.0 Å². The van der Waals surface area contributed by atoms with Crippen LogP contribution in [0.1, 0.15) is 38.5 Å². The largest absolute Gasteiger partial charge is 0.506 e. The number of nitrogens with zero attached hydrogens (tertiary/aromatic N) is 1. The van der Waals surface area contributed by atoms with E-state index in [4.69, 9.17) is 12.2 Å². The quantitative estimate of drug-likeness (QED) is 0.324. The van der Waals surface area contributed by atoms with Gasteiger partial charge in [0.25, 0.3) is 5.69 Å². The fraction of sp³-hybridized carbons (Fsp3) is 0.556. The maximum atomic E-state index is 12.9. The van der Waals surface area contributed by atoms with Gasteiger partial charge in [-0.25, -0.2) is 0 Å². The van der Waals surface area contributed by atoms with Crippen LogP contribution in [-0.4, -0.2) is 21.0 Å². The second-order valence-corrected chi connectivity index (χ2v) is 8.47. The van der Waals surface area contributed by atoms with Gasteiger partial charge in [0, 0.05) is 12.1 Å². The molecule has 0 spiro atoms. The second-order valence-electron chi connectivity index (χ2n) is 8.06. The SMILES string of the molecule is O=C(NC(=S)Nc1cc([N+](=O)[O-])ccc1O)C12CC3CC(CC(C3)C1)C2. The van der Waals surface area contributed by atoms with Gasteiger partial charge in [-0.3, -0.25) is 14.9 Å². The maximum Gasteiger partial charge on any atom is 0.271 e. The number of anilines is 1. The van der Waals surface area contributed by atoms with Crippen molar-refractivity contribution in [2.45, 2.75) is 38.5 Å². The number of thiocarbonyl (C=S) groups is 1. The van der Waals surface area contributed by atoms with E-state index < -0.39 is 4.92 Å². The number of nitro benzene ring substituents is 1. The first-order valence-electron chi connectivity index (χ1n) is 8.94. The van der Waals surface area contributed by atoms with Gasteiger partial charge in [0.05, 0.1) is 16.0 Å². The van der Waals surface area contributed by atoms with Crippen LogP contribution in [0.25, 0.3) is 0 Å². The topological polar surface area (TPSA) is 104 Å². The van der Waals surface area contributed by atoms with Crippen molar-refractivity contribution in [3.8, 4) is 5.75 Å². The van der Waals surface area contributed by atoms with Crippen LogP contribution in [0.5, 0.6) is 5.75 Å². The standard InChI is InChI=1S/C18H21N3O4S/c22-15-2-1-13(21(24)25)6-14(15)19-17(26)20-16(23)18-7-10-3-11(8-18)5-12(4-10)9-18/h1-2,6,10-12,22H,3-5,7-9H2,(H2,19,20,23,26). The summed E-state index contributed by atoms with van der Waals surface area (Å²) < 4.78 is 0. The van der Waals surface area contributed by atoms with Gasteiger partial charge in [0.15, 0.2) is 5.11 Å². The highest BCUT2D eigenvalue weighted by molar-refractivity contribution is 7.80. The molecule has 8 heteroatoms. The first-order chi connectivity index (χ1) is 12.3. The molecule has 4 saturated carbocycles. The number of carbonyl (C=O) groups is 1. The van der Waals surface area contributed by atoms with Crippen LogP contribution in [0.15, 0.2) is 18.2 Å². The van der Waals surface area contributed by atoms with Crippen molar-refractivity contribution in [2.75, 3.05) is 5.32 Å². The Morgan fingerprint density at radius 3 is 2.31 bits per heavy atom. The number of benzene rings is 1. The van der Waals surface area contributed by atoms with Crippen molar-refractivity contribution in [3.63, 3.8) is 0 Å². The van der Waals surface area contributed by atoms with E-state index in [0.717, 1.165) is 19.3 Å². The lowest BCUT2D eigenvalue weighted by molar-refractivity contribution is -0.384. The number of carbonyl (C=O) groups excluding carboxylic acids is 1. The third-order valence-electron chi connectivity index (χ3n) is 6.19. The third-order valence-corrected chi connectivity index (χ3v) is 6.39. The minimum atomic E-state index is -0.554. The Hall–Kier alpha value is -2.22. The van der Waals surface area contributed by atoms with Gasteiger partial charge < -0.3 is 15.7 Å². The number of nitro groups is 1. The summed E-state index contributed by atoms with van der Waals surface area (Å²) in [6.45, 7) is 0. The van der Waals surface area contributed by atoms with E-state index in [2.05, 4.69) is 10.6 Å². The molecule has 5 rings (SSSR count). The lowest BCUT2D eigenvalue weighted by atomic mass is 9.49. The van der Waals surface area contributed by atoms with Crippen LogP contribution in [0.3, 0.4) is 0 Å². The molecule has 3 N–H and O–H groups in total. The lowest BCUT2D eigenvalue weighted by Gasteiger charge is -2.55. The summed E-state index contributed by atoms with van der Waals surface area (Å²) in [7, 11) is 0. The van der Waals surface area contributed by atoms with Crippen LogP contribution < -0.4 is 10.6 Å². The normalized spacial score (nSPS) is 31.5. The van der Waals surface area contributed by atoms with Crippen molar-refractivity contribution in [1.82, 2.24) is 5.32 Å². The highest BCUT2D eigenvalue weighted by Gasteiger charge is 2.54. The number of phenolic OH excluding ortho intramolecular Hbond substituents is 1. The first kappa shape index (κ1) is 17.2. The van der Waals surface area contributed by atoms with Crippen molar-refractivity contribution < 1.29 is 14.8 Å². The Morgan fingerprint density at radius 1 is 1.19 bits per heavy atom. The molecule has 26 heavy (non-hydrogen) atoms. The van der Waals surface area contributed by atoms with Crippen LogP contribution in [0.4, 0.5) is 11.4 Å². The number of amides is 1. The molecule has 0 heterocycles. The van der Waals surface area contributed by atoms with Gasteiger partial charge >= 0.3 is 0 Å². The zero-order valence-corrected chi connectivity index (χ0v) is 15.1. The van der Waals surface area contributed by atoms with Gasteiger partial charge in [-0.05, 0) is 74.6 Å². The van der Waals surface area contributed by atoms with E-state index >= 15 is 0 Å². The van der Waals surface area contributed by atoms with Crippen LogP contribution >= 0.6 is 12.2 Å². The molecule has 1 aromatic rings. The number of hydrogen-bond donors (Lipinski definition) is 3. The van der Waals surface area contributed by atoms with Crippen LogP contribution in [0.2, 0.25) is 0 Å². The molecule has 0 aromatic heterocycles. The van der Waals surface area contributed by atoms with Crippen molar-refractivity contribution >= 4 is 34.6 Å². The van der Waals surface area contributed by atoms with Crippen LogP contribution in [-0.2, 0) is 4.79 Å². The molecule has 4 fully saturated rings. The van der Waals surface area contributed by atoms with Gasteiger partial charge in [0.2, 0.25) is 5.91 Å². The summed E-state index contributed by atoms with van der Waals surface area (Å²) in [6, 6.07) is 3.63.